The number of amides is 1. The lowest BCUT2D eigenvalue weighted by molar-refractivity contribution is -0.139. The van der Waals surface area contributed by atoms with Crippen molar-refractivity contribution >= 4 is 17.6 Å². The Balaban J connectivity index is 2.10. The van der Waals surface area contributed by atoms with E-state index in [2.05, 4.69) is 5.32 Å². The fourth-order valence-electron chi connectivity index (χ4n) is 2.02. The molecular formula is C18H19NO3. The summed E-state index contributed by atoms with van der Waals surface area (Å²) in [7, 11) is 0. The Bertz CT molecular complexity index is 660. The van der Waals surface area contributed by atoms with Crippen molar-refractivity contribution in [3.8, 4) is 5.75 Å². The molecule has 0 aliphatic heterocycles. The van der Waals surface area contributed by atoms with Crippen LogP contribution in [0.5, 0.6) is 5.75 Å². The van der Waals surface area contributed by atoms with Crippen molar-refractivity contribution in [2.45, 2.75) is 26.2 Å². The average molecular weight is 297 g/mol. The van der Waals surface area contributed by atoms with Crippen LogP contribution in [0.2, 0.25) is 0 Å². The lowest BCUT2D eigenvalue weighted by Gasteiger charge is -2.22. The maximum absolute atomic E-state index is 12.4. The van der Waals surface area contributed by atoms with Crippen molar-refractivity contribution in [2.75, 3.05) is 5.32 Å². The van der Waals surface area contributed by atoms with E-state index in [1.54, 1.807) is 24.3 Å². The van der Waals surface area contributed by atoms with Crippen LogP contribution in [0.1, 0.15) is 26.3 Å². The number of esters is 1. The second-order valence-electron chi connectivity index (χ2n) is 5.59. The monoisotopic (exact) mass is 297 g/mol. The number of carbonyl (C=O) groups is 2. The van der Waals surface area contributed by atoms with Gasteiger partial charge in [-0.05, 0) is 43.7 Å². The number of benzene rings is 2. The van der Waals surface area contributed by atoms with Gasteiger partial charge in [-0.15, -0.1) is 0 Å². The maximum Gasteiger partial charge on any atom is 0.321 e. The second kappa shape index (κ2) is 6.43. The van der Waals surface area contributed by atoms with E-state index in [4.69, 9.17) is 4.74 Å². The number of hydrogen-bond donors (Lipinski definition) is 1. The van der Waals surface area contributed by atoms with E-state index in [-0.39, 0.29) is 11.9 Å². The number of carbonyl (C=O) groups excluding carboxylic acids is 2. The number of nitrogens with one attached hydrogen (secondary N) is 1. The molecule has 0 bridgehead atoms. The van der Waals surface area contributed by atoms with Gasteiger partial charge >= 0.3 is 5.97 Å². The molecule has 1 N–H and O–H groups in total. The summed E-state index contributed by atoms with van der Waals surface area (Å²) in [5, 5.41) is 2.66. The molecule has 0 atom stereocenters. The minimum atomic E-state index is -0.739. The lowest BCUT2D eigenvalue weighted by Crippen LogP contribution is -2.33. The summed E-state index contributed by atoms with van der Waals surface area (Å²) >= 11 is 0. The Morgan fingerprint density at radius 3 is 2.09 bits per heavy atom. The van der Waals surface area contributed by atoms with Crippen LogP contribution >= 0.6 is 0 Å². The molecule has 0 fully saturated rings. The van der Waals surface area contributed by atoms with Crippen LogP contribution in [0.4, 0.5) is 5.69 Å². The van der Waals surface area contributed by atoms with Crippen molar-refractivity contribution in [3.63, 3.8) is 0 Å². The van der Waals surface area contributed by atoms with Crippen molar-refractivity contribution in [1.82, 2.24) is 0 Å². The van der Waals surface area contributed by atoms with E-state index in [1.165, 1.54) is 6.92 Å². The van der Waals surface area contributed by atoms with Crippen molar-refractivity contribution < 1.29 is 14.3 Å². The van der Waals surface area contributed by atoms with E-state index in [9.17, 15) is 9.59 Å². The molecule has 0 aromatic heterocycles. The molecule has 0 spiro atoms. The average Bonchev–Trinajstić information content (AvgIpc) is 2.49. The summed E-state index contributed by atoms with van der Waals surface area (Å²) in [6, 6.07) is 16.2. The first-order valence-corrected chi connectivity index (χ1v) is 7.05. The number of hydrogen-bond acceptors (Lipinski definition) is 3. The summed E-state index contributed by atoms with van der Waals surface area (Å²) in [6.45, 7) is 5.10. The predicted octanol–water partition coefficient (Wildman–Crippen LogP) is 3.53. The van der Waals surface area contributed by atoms with Gasteiger partial charge < -0.3 is 10.1 Å². The molecule has 0 unspecified atom stereocenters. The Hall–Kier alpha value is -2.62. The standard InChI is InChI=1S/C18H19NO3/c1-13(20)19-15-9-11-16(12-10-15)22-17(21)18(2,3)14-7-5-4-6-8-14/h4-12H,1-3H3,(H,19,20). The zero-order valence-electron chi connectivity index (χ0n) is 12.9. The first kappa shape index (κ1) is 15.8. The van der Waals surface area contributed by atoms with E-state index in [1.807, 2.05) is 44.2 Å². The van der Waals surface area contributed by atoms with Gasteiger partial charge in [0, 0.05) is 12.6 Å². The SMILES string of the molecule is CC(=O)Nc1ccc(OC(=O)C(C)(C)c2ccccc2)cc1. The van der Waals surface area contributed by atoms with Gasteiger partial charge in [-0.1, -0.05) is 30.3 Å². The van der Waals surface area contributed by atoms with Crippen LogP contribution in [-0.2, 0) is 15.0 Å². The molecule has 0 aliphatic carbocycles. The van der Waals surface area contributed by atoms with Gasteiger partial charge in [0.2, 0.25) is 5.91 Å². The molecule has 0 heterocycles. The predicted molar refractivity (Wildman–Crippen MR) is 85.8 cm³/mol. The summed E-state index contributed by atoms with van der Waals surface area (Å²) in [5.41, 5.74) is 0.821. The molecule has 4 nitrogen and oxygen atoms in total. The zero-order chi connectivity index (χ0) is 16.2. The molecule has 114 valence electrons. The highest BCUT2D eigenvalue weighted by Crippen LogP contribution is 2.26. The number of rotatable bonds is 4. The van der Waals surface area contributed by atoms with E-state index >= 15 is 0 Å². The smallest absolute Gasteiger partial charge is 0.321 e. The third-order valence-electron chi connectivity index (χ3n) is 3.39. The lowest BCUT2D eigenvalue weighted by atomic mass is 9.85. The van der Waals surface area contributed by atoms with Crippen molar-refractivity contribution in [2.24, 2.45) is 0 Å². The molecule has 22 heavy (non-hydrogen) atoms. The Morgan fingerprint density at radius 2 is 1.55 bits per heavy atom. The molecular weight excluding hydrogens is 278 g/mol. The summed E-state index contributed by atoms with van der Waals surface area (Å²) in [5.74, 6) is -0.0240. The molecule has 1 amide bonds. The topological polar surface area (TPSA) is 55.4 Å². The molecule has 0 radical (unpaired) electrons. The van der Waals surface area contributed by atoms with Gasteiger partial charge in [0.1, 0.15) is 5.75 Å². The van der Waals surface area contributed by atoms with Crippen molar-refractivity contribution in [3.05, 3.63) is 60.2 Å². The number of ether oxygens (including phenoxy) is 1. The normalized spacial score (nSPS) is 10.9. The van der Waals surface area contributed by atoms with E-state index in [0.717, 1.165) is 5.56 Å². The second-order valence-corrected chi connectivity index (χ2v) is 5.59. The van der Waals surface area contributed by atoms with Crippen molar-refractivity contribution in [1.29, 1.82) is 0 Å². The minimum absolute atomic E-state index is 0.144. The van der Waals surface area contributed by atoms with Crippen LogP contribution in [0.15, 0.2) is 54.6 Å². The Labute approximate surface area is 130 Å². The largest absolute Gasteiger partial charge is 0.426 e. The number of anilines is 1. The highest BCUT2D eigenvalue weighted by molar-refractivity contribution is 5.89. The van der Waals surface area contributed by atoms with Gasteiger partial charge in [-0.25, -0.2) is 0 Å². The fraction of sp³-hybridized carbons (Fsp3) is 0.222. The summed E-state index contributed by atoms with van der Waals surface area (Å²) in [6.07, 6.45) is 0. The molecule has 0 aliphatic rings. The van der Waals surface area contributed by atoms with Gasteiger partial charge in [0.25, 0.3) is 0 Å². The first-order valence-electron chi connectivity index (χ1n) is 7.05. The van der Waals surface area contributed by atoms with Gasteiger partial charge in [-0.2, -0.15) is 0 Å². The quantitative estimate of drug-likeness (QED) is 0.694. The van der Waals surface area contributed by atoms with Gasteiger partial charge in [0.15, 0.2) is 0 Å². The highest BCUT2D eigenvalue weighted by atomic mass is 16.5. The Morgan fingerprint density at radius 1 is 0.955 bits per heavy atom. The minimum Gasteiger partial charge on any atom is -0.426 e. The third-order valence-corrected chi connectivity index (χ3v) is 3.39. The third kappa shape index (κ3) is 3.73. The molecule has 0 saturated carbocycles. The van der Waals surface area contributed by atoms with Gasteiger partial charge in [0.05, 0.1) is 5.41 Å². The maximum atomic E-state index is 12.4. The van der Waals surface area contributed by atoms with Crippen LogP contribution in [0, 0.1) is 0 Å². The molecule has 2 aromatic rings. The highest BCUT2D eigenvalue weighted by Gasteiger charge is 2.31. The molecule has 2 aromatic carbocycles. The molecule has 4 heteroatoms. The van der Waals surface area contributed by atoms with Crippen LogP contribution in [0.25, 0.3) is 0 Å². The fourth-order valence-corrected chi connectivity index (χ4v) is 2.02. The van der Waals surface area contributed by atoms with Crippen LogP contribution < -0.4 is 10.1 Å². The summed E-state index contributed by atoms with van der Waals surface area (Å²) < 4.78 is 5.44. The molecule has 2 rings (SSSR count). The van der Waals surface area contributed by atoms with E-state index < -0.39 is 5.41 Å². The first-order chi connectivity index (χ1) is 10.4. The van der Waals surface area contributed by atoms with Crippen LogP contribution in [0.3, 0.4) is 0 Å². The zero-order valence-corrected chi connectivity index (χ0v) is 12.9. The molecule has 0 saturated heterocycles. The van der Waals surface area contributed by atoms with Gasteiger partial charge in [-0.3, -0.25) is 9.59 Å². The Kier molecular flexibility index (Phi) is 4.61. The van der Waals surface area contributed by atoms with E-state index in [0.29, 0.717) is 11.4 Å². The van der Waals surface area contributed by atoms with Crippen LogP contribution in [-0.4, -0.2) is 11.9 Å². The summed E-state index contributed by atoms with van der Waals surface area (Å²) in [4.78, 5) is 23.4.